The minimum atomic E-state index is -0.420. The Morgan fingerprint density at radius 2 is 2.08 bits per heavy atom. The molecule has 74 valence electrons. The molecule has 0 aliphatic rings. The molecule has 0 aromatic heterocycles. The zero-order chi connectivity index (χ0) is 10.4. The summed E-state index contributed by atoms with van der Waals surface area (Å²) in [6.07, 6.45) is 2.30. The second kappa shape index (κ2) is 5.51. The van der Waals surface area contributed by atoms with Crippen LogP contribution in [0.3, 0.4) is 0 Å². The molecule has 0 aromatic rings. The summed E-state index contributed by atoms with van der Waals surface area (Å²) >= 11 is 0. The molecule has 0 saturated carbocycles. The van der Waals surface area contributed by atoms with Crippen molar-refractivity contribution in [3.63, 3.8) is 0 Å². The predicted octanol–water partition coefficient (Wildman–Crippen LogP) is 2.74. The molecule has 3 heteroatoms. The summed E-state index contributed by atoms with van der Waals surface area (Å²) in [4.78, 5) is 5.92. The topological polar surface area (TPSA) is 15.6 Å². The van der Waals surface area contributed by atoms with Gasteiger partial charge in [-0.05, 0) is 26.8 Å². The Hall–Kier alpha value is -1.12. The van der Waals surface area contributed by atoms with E-state index in [9.17, 15) is 4.39 Å². The quantitative estimate of drug-likeness (QED) is 0.374. The van der Waals surface area contributed by atoms with Crippen molar-refractivity contribution in [1.82, 2.24) is 4.90 Å². The van der Waals surface area contributed by atoms with Gasteiger partial charge in [0.05, 0.1) is 6.20 Å². The first kappa shape index (κ1) is 11.9. The summed E-state index contributed by atoms with van der Waals surface area (Å²) in [5.74, 6) is 0.364. The molecule has 13 heavy (non-hydrogen) atoms. The van der Waals surface area contributed by atoms with E-state index >= 15 is 0 Å². The van der Waals surface area contributed by atoms with Gasteiger partial charge in [0.1, 0.15) is 11.7 Å². The smallest absolute Gasteiger partial charge is 0.140 e. The second-order valence-corrected chi connectivity index (χ2v) is 3.10. The number of hydrogen-bond acceptors (Lipinski definition) is 1. The molecule has 0 bridgehead atoms. The summed E-state index contributed by atoms with van der Waals surface area (Å²) in [7, 11) is 1.92. The van der Waals surface area contributed by atoms with E-state index in [0.717, 1.165) is 11.9 Å². The van der Waals surface area contributed by atoms with Crippen LogP contribution in [0.1, 0.15) is 20.8 Å². The number of nitrogens with zero attached hydrogens (tertiary/aromatic N) is 2. The van der Waals surface area contributed by atoms with Crippen LogP contribution < -0.4 is 0 Å². The molecule has 0 aliphatic heterocycles. The molecule has 0 heterocycles. The molecular weight excluding hydrogens is 167 g/mol. The van der Waals surface area contributed by atoms with Crippen LogP contribution in [0.15, 0.2) is 29.7 Å². The van der Waals surface area contributed by atoms with E-state index in [2.05, 4.69) is 11.6 Å². The van der Waals surface area contributed by atoms with E-state index < -0.39 is 5.83 Å². The van der Waals surface area contributed by atoms with Gasteiger partial charge in [-0.1, -0.05) is 6.58 Å². The van der Waals surface area contributed by atoms with Gasteiger partial charge in [-0.15, -0.1) is 0 Å². The highest BCUT2D eigenvalue weighted by atomic mass is 19.1. The standard InChI is InChI=1S/C10H17FN2/c1-6-10(11)7-12-9(4)13(5)8(2)3/h6-8H,1H2,2-5H3/b10-7-,12-9?. The van der Waals surface area contributed by atoms with Crippen LogP contribution in [0.4, 0.5) is 4.39 Å². The Labute approximate surface area is 79.5 Å². The van der Waals surface area contributed by atoms with Crippen molar-refractivity contribution in [2.45, 2.75) is 26.8 Å². The Morgan fingerprint density at radius 1 is 1.54 bits per heavy atom. The average molecular weight is 184 g/mol. The highest BCUT2D eigenvalue weighted by Crippen LogP contribution is 2.00. The molecular formula is C10H17FN2. The van der Waals surface area contributed by atoms with Gasteiger partial charge in [0.25, 0.3) is 0 Å². The Morgan fingerprint density at radius 3 is 2.46 bits per heavy atom. The van der Waals surface area contributed by atoms with Gasteiger partial charge in [-0.3, -0.25) is 0 Å². The van der Waals surface area contributed by atoms with Crippen molar-refractivity contribution in [1.29, 1.82) is 0 Å². The van der Waals surface area contributed by atoms with Gasteiger partial charge >= 0.3 is 0 Å². The molecule has 0 spiro atoms. The Balaban J connectivity index is 4.41. The summed E-state index contributed by atoms with van der Waals surface area (Å²) in [5.41, 5.74) is 0. The fraction of sp³-hybridized carbons (Fsp3) is 0.500. The van der Waals surface area contributed by atoms with Gasteiger partial charge in [0, 0.05) is 13.1 Å². The molecule has 0 saturated heterocycles. The van der Waals surface area contributed by atoms with Crippen molar-refractivity contribution in [3.8, 4) is 0 Å². The number of aliphatic imine (C=N–C) groups is 1. The van der Waals surface area contributed by atoms with Crippen molar-refractivity contribution in [2.24, 2.45) is 4.99 Å². The van der Waals surface area contributed by atoms with Crippen molar-refractivity contribution in [3.05, 3.63) is 24.7 Å². The Kier molecular flexibility index (Phi) is 5.04. The lowest BCUT2D eigenvalue weighted by Crippen LogP contribution is -2.30. The molecule has 0 amide bonds. The minimum Gasteiger partial charge on any atom is -0.361 e. The molecule has 2 nitrogen and oxygen atoms in total. The van der Waals surface area contributed by atoms with E-state index in [4.69, 9.17) is 0 Å². The van der Waals surface area contributed by atoms with E-state index in [0.29, 0.717) is 6.04 Å². The van der Waals surface area contributed by atoms with Gasteiger partial charge in [-0.2, -0.15) is 0 Å². The summed E-state index contributed by atoms with van der Waals surface area (Å²) < 4.78 is 12.6. The van der Waals surface area contributed by atoms with Gasteiger partial charge in [-0.25, -0.2) is 9.38 Å². The summed E-state index contributed by atoms with van der Waals surface area (Å²) in [5, 5.41) is 0. The lowest BCUT2D eigenvalue weighted by atomic mass is 10.3. The molecule has 0 aromatic carbocycles. The largest absolute Gasteiger partial charge is 0.361 e. The zero-order valence-corrected chi connectivity index (χ0v) is 8.71. The molecule has 0 fully saturated rings. The Bertz CT molecular complexity index is 229. The number of allylic oxidation sites excluding steroid dienone is 2. The number of hydrogen-bond donors (Lipinski definition) is 0. The highest BCUT2D eigenvalue weighted by molar-refractivity contribution is 5.80. The van der Waals surface area contributed by atoms with Crippen LogP contribution >= 0.6 is 0 Å². The SMILES string of the molecule is C=C/C(F)=C/N=C(C)N(C)C(C)C. The lowest BCUT2D eigenvalue weighted by Gasteiger charge is -2.22. The van der Waals surface area contributed by atoms with E-state index in [1.54, 1.807) is 0 Å². The third kappa shape index (κ3) is 4.45. The van der Waals surface area contributed by atoms with E-state index in [1.807, 2.05) is 32.7 Å². The number of amidine groups is 1. The lowest BCUT2D eigenvalue weighted by molar-refractivity contribution is 0.415. The number of halogens is 1. The molecule has 0 unspecified atom stereocenters. The second-order valence-electron chi connectivity index (χ2n) is 3.10. The maximum Gasteiger partial charge on any atom is 0.140 e. The maximum atomic E-state index is 12.6. The fourth-order valence-corrected chi connectivity index (χ4v) is 0.673. The summed E-state index contributed by atoms with van der Waals surface area (Å²) in [6.45, 7) is 9.23. The van der Waals surface area contributed by atoms with Crippen molar-refractivity contribution in [2.75, 3.05) is 7.05 Å². The summed E-state index contributed by atoms with van der Waals surface area (Å²) in [6, 6.07) is 0.365. The fourth-order valence-electron chi connectivity index (χ4n) is 0.673. The average Bonchev–Trinajstić information content (AvgIpc) is 2.11. The monoisotopic (exact) mass is 184 g/mol. The van der Waals surface area contributed by atoms with Gasteiger partial charge in [0.2, 0.25) is 0 Å². The van der Waals surface area contributed by atoms with Crippen LogP contribution in [-0.2, 0) is 0 Å². The minimum absolute atomic E-state index is 0.365. The zero-order valence-electron chi connectivity index (χ0n) is 8.71. The molecule has 0 atom stereocenters. The third-order valence-electron chi connectivity index (χ3n) is 1.85. The molecule has 0 N–H and O–H groups in total. The molecule has 0 rings (SSSR count). The van der Waals surface area contributed by atoms with Crippen molar-refractivity contribution < 1.29 is 4.39 Å². The predicted molar refractivity (Wildman–Crippen MR) is 55.4 cm³/mol. The van der Waals surface area contributed by atoms with Gasteiger partial charge < -0.3 is 4.90 Å². The normalized spacial score (nSPS) is 13.4. The van der Waals surface area contributed by atoms with Crippen LogP contribution in [0.5, 0.6) is 0 Å². The third-order valence-corrected chi connectivity index (χ3v) is 1.85. The van der Waals surface area contributed by atoms with Crippen molar-refractivity contribution >= 4 is 5.84 Å². The maximum absolute atomic E-state index is 12.6. The van der Waals surface area contributed by atoms with Crippen LogP contribution in [-0.4, -0.2) is 23.8 Å². The highest BCUT2D eigenvalue weighted by Gasteiger charge is 2.03. The van der Waals surface area contributed by atoms with Crippen LogP contribution in [0.2, 0.25) is 0 Å². The molecule has 0 radical (unpaired) electrons. The first-order valence-corrected chi connectivity index (χ1v) is 4.24. The first-order valence-electron chi connectivity index (χ1n) is 4.24. The van der Waals surface area contributed by atoms with Crippen LogP contribution in [0, 0.1) is 0 Å². The van der Waals surface area contributed by atoms with E-state index in [-0.39, 0.29) is 0 Å². The molecule has 0 aliphatic carbocycles. The van der Waals surface area contributed by atoms with Crippen LogP contribution in [0.25, 0.3) is 0 Å². The first-order chi connectivity index (χ1) is 5.99. The van der Waals surface area contributed by atoms with E-state index in [1.165, 1.54) is 6.20 Å². The number of rotatable bonds is 3. The van der Waals surface area contributed by atoms with Gasteiger partial charge in [0.15, 0.2) is 0 Å².